The van der Waals surface area contributed by atoms with Crippen LogP contribution in [0.15, 0.2) is 11.6 Å². The van der Waals surface area contributed by atoms with Crippen LogP contribution in [0.5, 0.6) is 0 Å². The third-order valence-electron chi connectivity index (χ3n) is 9.49. The topological polar surface area (TPSA) is 106 Å². The molecule has 174 valence electrons. The number of hydrogen-bond acceptors (Lipinski definition) is 7. The van der Waals surface area contributed by atoms with E-state index in [9.17, 15) is 15.0 Å². The second-order valence-electron chi connectivity index (χ2n) is 10.7. The molecule has 3 saturated carbocycles. The summed E-state index contributed by atoms with van der Waals surface area (Å²) in [6, 6.07) is 0. The quantitative estimate of drug-likeness (QED) is 0.593. The summed E-state index contributed by atoms with van der Waals surface area (Å²) in [6.45, 7) is 6.97. The van der Waals surface area contributed by atoms with E-state index < -0.39 is 5.60 Å². The van der Waals surface area contributed by atoms with E-state index in [0.29, 0.717) is 37.3 Å². The molecular weight excluding hydrogens is 412 g/mol. The lowest BCUT2D eigenvalue weighted by atomic mass is 9.48. The maximum absolute atomic E-state index is 11.8. The second kappa shape index (κ2) is 8.40. The lowest BCUT2D eigenvalue weighted by Crippen LogP contribution is -2.55. The molecule has 8 atom stereocenters. The molecule has 1 heterocycles. The van der Waals surface area contributed by atoms with Crippen LogP contribution in [0.1, 0.15) is 70.7 Å². The molecule has 3 aliphatic rings. The molecule has 0 bridgehead atoms. The fraction of sp³-hybridized carbons (Fsp3) is 0.833. The second-order valence-corrected chi connectivity index (χ2v) is 11.6. The van der Waals surface area contributed by atoms with Gasteiger partial charge in [-0.25, -0.2) is 4.98 Å². The monoisotopic (exact) mass is 450 g/mol. The van der Waals surface area contributed by atoms with Gasteiger partial charge in [-0.15, -0.1) is 11.3 Å². The third-order valence-corrected chi connectivity index (χ3v) is 10.4. The van der Waals surface area contributed by atoms with Crippen LogP contribution >= 0.6 is 11.3 Å². The van der Waals surface area contributed by atoms with Gasteiger partial charge in [0.25, 0.3) is 0 Å². The average molecular weight is 451 g/mol. The lowest BCUT2D eigenvalue weighted by molar-refractivity contribution is -0.157. The number of aromatic nitrogens is 1. The highest BCUT2D eigenvalue weighted by Crippen LogP contribution is 2.67. The van der Waals surface area contributed by atoms with Gasteiger partial charge in [-0.05, 0) is 74.7 Å². The minimum atomic E-state index is -0.884. The van der Waals surface area contributed by atoms with E-state index in [2.05, 4.69) is 18.8 Å². The summed E-state index contributed by atoms with van der Waals surface area (Å²) in [5, 5.41) is 25.0. The Kier molecular flexibility index (Phi) is 6.27. The van der Waals surface area contributed by atoms with Crippen LogP contribution in [-0.2, 0) is 15.1 Å². The number of fused-ring (bicyclic) bond motifs is 1. The van der Waals surface area contributed by atoms with Crippen molar-refractivity contribution in [3.8, 4) is 0 Å². The highest BCUT2D eigenvalue weighted by atomic mass is 32.1. The number of carbonyl (C=O) groups is 1. The van der Waals surface area contributed by atoms with Gasteiger partial charge in [-0.1, -0.05) is 13.8 Å². The zero-order chi connectivity index (χ0) is 22.4. The number of aliphatic hydroxyl groups is 2. The van der Waals surface area contributed by atoms with Crippen molar-refractivity contribution >= 4 is 17.3 Å². The summed E-state index contributed by atoms with van der Waals surface area (Å²) < 4.78 is 5.45. The van der Waals surface area contributed by atoms with Gasteiger partial charge >= 0.3 is 5.97 Å². The number of carbonyl (C=O) groups excluding carboxylic acids is 1. The molecule has 1 aromatic heterocycles. The Bertz CT molecular complexity index is 789. The van der Waals surface area contributed by atoms with Crippen molar-refractivity contribution in [1.29, 1.82) is 0 Å². The van der Waals surface area contributed by atoms with Crippen LogP contribution in [0.2, 0.25) is 0 Å². The third kappa shape index (κ3) is 3.65. The summed E-state index contributed by atoms with van der Waals surface area (Å²) in [6.07, 6.45) is 7.44. The SMILES string of the molecule is CC(=O)OCC1CC(O)CCC1(C)C1CCC2(C)C(CCC2(O)c2nccs2)C1CN. The zero-order valence-corrected chi connectivity index (χ0v) is 19.9. The molecule has 4 rings (SSSR count). The molecule has 31 heavy (non-hydrogen) atoms. The van der Waals surface area contributed by atoms with Gasteiger partial charge in [0.1, 0.15) is 10.6 Å². The van der Waals surface area contributed by atoms with E-state index >= 15 is 0 Å². The zero-order valence-electron chi connectivity index (χ0n) is 19.0. The first-order valence-corrected chi connectivity index (χ1v) is 12.7. The number of aliphatic hydroxyl groups excluding tert-OH is 1. The van der Waals surface area contributed by atoms with Gasteiger partial charge in [0.2, 0.25) is 0 Å². The normalized spacial score (nSPS) is 45.3. The van der Waals surface area contributed by atoms with Gasteiger partial charge in [0.05, 0.1) is 12.7 Å². The summed E-state index contributed by atoms with van der Waals surface area (Å²) in [7, 11) is 0. The molecule has 8 unspecified atom stereocenters. The smallest absolute Gasteiger partial charge is 0.302 e. The van der Waals surface area contributed by atoms with Crippen LogP contribution in [0, 0.1) is 34.5 Å². The van der Waals surface area contributed by atoms with Gasteiger partial charge in [-0.2, -0.15) is 0 Å². The summed E-state index contributed by atoms with van der Waals surface area (Å²) in [4.78, 5) is 16.0. The van der Waals surface area contributed by atoms with E-state index in [1.165, 1.54) is 6.92 Å². The van der Waals surface area contributed by atoms with Crippen molar-refractivity contribution < 1.29 is 19.7 Å². The summed E-state index contributed by atoms with van der Waals surface area (Å²) in [5.41, 5.74) is 5.29. The van der Waals surface area contributed by atoms with Gasteiger partial charge in [0.15, 0.2) is 0 Å². The fourth-order valence-electron chi connectivity index (χ4n) is 7.59. The van der Waals surface area contributed by atoms with Gasteiger partial charge < -0.3 is 20.7 Å². The fourth-order valence-corrected chi connectivity index (χ4v) is 8.49. The molecule has 0 amide bonds. The van der Waals surface area contributed by atoms with E-state index in [0.717, 1.165) is 43.5 Å². The molecule has 7 heteroatoms. The largest absolute Gasteiger partial charge is 0.466 e. The van der Waals surface area contributed by atoms with Gasteiger partial charge in [0, 0.05) is 29.8 Å². The predicted molar refractivity (Wildman–Crippen MR) is 120 cm³/mol. The summed E-state index contributed by atoms with van der Waals surface area (Å²) in [5.74, 6) is 0.888. The predicted octanol–water partition coefficient (Wildman–Crippen LogP) is 3.46. The number of nitrogens with two attached hydrogens (primary N) is 1. The number of ether oxygens (including phenoxy) is 1. The standard InChI is InChI=1S/C24H38N2O4S/c1-15(27)30-14-16-12-17(28)4-7-22(16,2)19-5-8-23(3)20(18(19)13-25)6-9-24(23,29)21-26-10-11-31-21/h10-11,16-20,28-29H,4-9,12-14,25H2,1-3H3. The van der Waals surface area contributed by atoms with Crippen molar-refractivity contribution in [3.05, 3.63) is 16.6 Å². The molecule has 3 fully saturated rings. The van der Waals surface area contributed by atoms with E-state index in [1.54, 1.807) is 17.5 Å². The highest BCUT2D eigenvalue weighted by Gasteiger charge is 2.64. The molecule has 3 aliphatic carbocycles. The lowest BCUT2D eigenvalue weighted by Gasteiger charge is -2.58. The van der Waals surface area contributed by atoms with Crippen molar-refractivity contribution in [1.82, 2.24) is 4.98 Å². The Morgan fingerprint density at radius 1 is 1.26 bits per heavy atom. The van der Waals surface area contributed by atoms with Crippen LogP contribution < -0.4 is 5.73 Å². The van der Waals surface area contributed by atoms with Crippen LogP contribution in [0.3, 0.4) is 0 Å². The molecule has 6 nitrogen and oxygen atoms in total. The van der Waals surface area contributed by atoms with Crippen LogP contribution in [0.4, 0.5) is 0 Å². The number of hydrogen-bond donors (Lipinski definition) is 3. The molecule has 1 aromatic rings. The number of thiazole rings is 1. The minimum absolute atomic E-state index is 0.0397. The van der Waals surface area contributed by atoms with Gasteiger partial charge in [-0.3, -0.25) is 4.79 Å². The Labute approximate surface area is 189 Å². The molecule has 4 N–H and O–H groups in total. The van der Waals surface area contributed by atoms with Crippen molar-refractivity contribution in [2.24, 2.45) is 40.2 Å². The van der Waals surface area contributed by atoms with E-state index in [1.807, 2.05) is 5.38 Å². The number of rotatable bonds is 5. The molecule has 0 saturated heterocycles. The maximum Gasteiger partial charge on any atom is 0.302 e. The molecular formula is C24H38N2O4S. The van der Waals surface area contributed by atoms with Crippen molar-refractivity contribution in [2.45, 2.75) is 77.4 Å². The number of nitrogens with zero attached hydrogens (tertiary/aromatic N) is 1. The van der Waals surface area contributed by atoms with E-state index in [-0.39, 0.29) is 28.8 Å². The average Bonchev–Trinajstić information content (AvgIpc) is 3.36. The first-order valence-electron chi connectivity index (χ1n) is 11.8. The number of esters is 1. The summed E-state index contributed by atoms with van der Waals surface area (Å²) >= 11 is 1.55. The molecule has 0 aliphatic heterocycles. The Hall–Kier alpha value is -1.02. The maximum atomic E-state index is 11.8. The molecule has 0 aromatic carbocycles. The minimum Gasteiger partial charge on any atom is -0.466 e. The highest BCUT2D eigenvalue weighted by molar-refractivity contribution is 7.09. The first kappa shape index (κ1) is 23.1. The van der Waals surface area contributed by atoms with Crippen LogP contribution in [0.25, 0.3) is 0 Å². The first-order chi connectivity index (χ1) is 14.7. The Balaban J connectivity index is 1.63. The Morgan fingerprint density at radius 3 is 2.65 bits per heavy atom. The van der Waals surface area contributed by atoms with E-state index in [4.69, 9.17) is 10.5 Å². The molecule has 0 radical (unpaired) electrons. The van der Waals surface area contributed by atoms with Crippen molar-refractivity contribution in [2.75, 3.05) is 13.2 Å². The Morgan fingerprint density at radius 2 is 2.00 bits per heavy atom. The van der Waals surface area contributed by atoms with Crippen LogP contribution in [-0.4, -0.2) is 40.4 Å². The molecule has 0 spiro atoms. The van der Waals surface area contributed by atoms with Crippen molar-refractivity contribution in [3.63, 3.8) is 0 Å².